The molecule has 1 aliphatic carbocycles. The van der Waals surface area contributed by atoms with Gasteiger partial charge < -0.3 is 15.4 Å². The second kappa shape index (κ2) is 6.36. The molecule has 106 valence electrons. The highest BCUT2D eigenvalue weighted by Crippen LogP contribution is 2.30. The van der Waals surface area contributed by atoms with Crippen LogP contribution in [0.1, 0.15) is 58.3 Å². The van der Waals surface area contributed by atoms with Gasteiger partial charge in [-0.2, -0.15) is 0 Å². The first-order chi connectivity index (χ1) is 8.68. The molecule has 2 fully saturated rings. The molecule has 3 nitrogen and oxygen atoms in total. The molecule has 0 bridgehead atoms. The van der Waals surface area contributed by atoms with Gasteiger partial charge in [-0.25, -0.2) is 0 Å². The fourth-order valence-corrected chi connectivity index (χ4v) is 3.51. The summed E-state index contributed by atoms with van der Waals surface area (Å²) in [5.41, 5.74) is 0.502. The summed E-state index contributed by atoms with van der Waals surface area (Å²) in [7, 11) is 2.13. The lowest BCUT2D eigenvalue weighted by molar-refractivity contribution is 0.0204. The molecule has 1 saturated heterocycles. The molecule has 18 heavy (non-hydrogen) atoms. The van der Waals surface area contributed by atoms with E-state index in [1.165, 1.54) is 51.4 Å². The molecule has 1 heterocycles. The fourth-order valence-electron chi connectivity index (χ4n) is 3.51. The third-order valence-electron chi connectivity index (χ3n) is 4.92. The summed E-state index contributed by atoms with van der Waals surface area (Å²) in [6.07, 6.45) is 10.6. The van der Waals surface area contributed by atoms with Crippen molar-refractivity contribution in [3.8, 4) is 0 Å². The van der Waals surface area contributed by atoms with Gasteiger partial charge in [-0.15, -0.1) is 0 Å². The minimum absolute atomic E-state index is 0.0966. The van der Waals surface area contributed by atoms with Crippen LogP contribution in [0.5, 0.6) is 0 Å². The lowest BCUT2D eigenvalue weighted by Gasteiger charge is -2.37. The molecule has 0 radical (unpaired) electrons. The van der Waals surface area contributed by atoms with Crippen molar-refractivity contribution in [1.82, 2.24) is 10.6 Å². The van der Waals surface area contributed by atoms with Crippen molar-refractivity contribution in [3.05, 3.63) is 0 Å². The molecule has 2 N–H and O–H groups in total. The SMILES string of the molecule is CNC1(CCNCC2(C)CCCO2)CCCCC1. The second-order valence-corrected chi connectivity index (χ2v) is 6.42. The zero-order valence-electron chi connectivity index (χ0n) is 12.2. The Hall–Kier alpha value is -0.120. The van der Waals surface area contributed by atoms with Crippen LogP contribution in [0, 0.1) is 0 Å². The van der Waals surface area contributed by atoms with E-state index in [2.05, 4.69) is 24.6 Å². The maximum atomic E-state index is 5.81. The molecule has 0 aromatic rings. The van der Waals surface area contributed by atoms with Gasteiger partial charge in [-0.1, -0.05) is 19.3 Å². The second-order valence-electron chi connectivity index (χ2n) is 6.42. The quantitative estimate of drug-likeness (QED) is 0.714. The van der Waals surface area contributed by atoms with Gasteiger partial charge in [0.25, 0.3) is 0 Å². The summed E-state index contributed by atoms with van der Waals surface area (Å²) in [5, 5.41) is 7.19. The normalized spacial score (nSPS) is 31.7. The van der Waals surface area contributed by atoms with E-state index in [9.17, 15) is 0 Å². The van der Waals surface area contributed by atoms with Crippen LogP contribution >= 0.6 is 0 Å². The van der Waals surface area contributed by atoms with Gasteiger partial charge in [-0.3, -0.25) is 0 Å². The molecule has 1 saturated carbocycles. The zero-order valence-corrected chi connectivity index (χ0v) is 12.2. The highest BCUT2D eigenvalue weighted by Gasteiger charge is 2.31. The largest absolute Gasteiger partial charge is 0.374 e. The predicted molar refractivity (Wildman–Crippen MR) is 76.0 cm³/mol. The maximum Gasteiger partial charge on any atom is 0.0779 e. The third kappa shape index (κ3) is 3.69. The Labute approximate surface area is 112 Å². The Kier molecular flexibility index (Phi) is 5.05. The van der Waals surface area contributed by atoms with E-state index in [0.717, 1.165) is 19.7 Å². The van der Waals surface area contributed by atoms with Gasteiger partial charge in [0.1, 0.15) is 0 Å². The van der Waals surface area contributed by atoms with Gasteiger partial charge >= 0.3 is 0 Å². The Bertz CT molecular complexity index is 243. The average Bonchev–Trinajstić information content (AvgIpc) is 2.83. The molecule has 1 atom stereocenters. The van der Waals surface area contributed by atoms with Gasteiger partial charge in [0.15, 0.2) is 0 Å². The van der Waals surface area contributed by atoms with E-state index >= 15 is 0 Å². The molecule has 1 aliphatic heterocycles. The van der Waals surface area contributed by atoms with Crippen molar-refractivity contribution < 1.29 is 4.74 Å². The van der Waals surface area contributed by atoms with Crippen LogP contribution in [0.4, 0.5) is 0 Å². The van der Waals surface area contributed by atoms with Crippen LogP contribution in [0.2, 0.25) is 0 Å². The molecule has 0 aromatic heterocycles. The minimum atomic E-state index is 0.0966. The summed E-state index contributed by atoms with van der Waals surface area (Å²) in [5.74, 6) is 0. The Morgan fingerprint density at radius 1 is 1.06 bits per heavy atom. The van der Waals surface area contributed by atoms with Crippen molar-refractivity contribution in [2.45, 2.75) is 69.4 Å². The number of ether oxygens (including phenoxy) is 1. The summed E-state index contributed by atoms with van der Waals surface area (Å²) in [6.45, 7) is 5.30. The van der Waals surface area contributed by atoms with Gasteiger partial charge in [-0.05, 0) is 52.6 Å². The smallest absolute Gasteiger partial charge is 0.0779 e. The Morgan fingerprint density at radius 3 is 2.44 bits per heavy atom. The Morgan fingerprint density at radius 2 is 1.83 bits per heavy atom. The highest BCUT2D eigenvalue weighted by molar-refractivity contribution is 4.90. The molecular weight excluding hydrogens is 224 g/mol. The molecular formula is C15H30N2O. The van der Waals surface area contributed by atoms with Crippen LogP contribution in [0.25, 0.3) is 0 Å². The van der Waals surface area contributed by atoms with E-state index in [4.69, 9.17) is 4.74 Å². The monoisotopic (exact) mass is 254 g/mol. The zero-order chi connectivity index (χ0) is 12.9. The maximum absolute atomic E-state index is 5.81. The van der Waals surface area contributed by atoms with E-state index in [1.54, 1.807) is 0 Å². The molecule has 0 aromatic carbocycles. The number of nitrogens with one attached hydrogen (secondary N) is 2. The first-order valence-electron chi connectivity index (χ1n) is 7.72. The topological polar surface area (TPSA) is 33.3 Å². The van der Waals surface area contributed by atoms with E-state index in [-0.39, 0.29) is 5.60 Å². The summed E-state index contributed by atoms with van der Waals surface area (Å²) < 4.78 is 5.81. The third-order valence-corrected chi connectivity index (χ3v) is 4.92. The van der Waals surface area contributed by atoms with E-state index in [1.807, 2.05) is 0 Å². The van der Waals surface area contributed by atoms with Crippen molar-refractivity contribution in [2.75, 3.05) is 26.7 Å². The molecule has 1 unspecified atom stereocenters. The van der Waals surface area contributed by atoms with Gasteiger partial charge in [0, 0.05) is 18.7 Å². The van der Waals surface area contributed by atoms with Crippen LogP contribution in [0.15, 0.2) is 0 Å². The number of hydrogen-bond acceptors (Lipinski definition) is 3. The predicted octanol–water partition coefficient (Wildman–Crippen LogP) is 2.46. The lowest BCUT2D eigenvalue weighted by atomic mass is 9.79. The lowest BCUT2D eigenvalue weighted by Crippen LogP contribution is -2.47. The summed E-state index contributed by atoms with van der Waals surface area (Å²) in [4.78, 5) is 0. The molecule has 3 heteroatoms. The van der Waals surface area contributed by atoms with Crippen LogP contribution in [-0.4, -0.2) is 37.9 Å². The van der Waals surface area contributed by atoms with Gasteiger partial charge in [0.05, 0.1) is 5.60 Å². The fraction of sp³-hybridized carbons (Fsp3) is 1.00. The van der Waals surface area contributed by atoms with E-state index < -0.39 is 0 Å². The van der Waals surface area contributed by atoms with Crippen molar-refractivity contribution >= 4 is 0 Å². The Balaban J connectivity index is 1.67. The number of rotatable bonds is 6. The average molecular weight is 254 g/mol. The first-order valence-corrected chi connectivity index (χ1v) is 7.72. The van der Waals surface area contributed by atoms with Crippen molar-refractivity contribution in [3.63, 3.8) is 0 Å². The molecule has 0 spiro atoms. The van der Waals surface area contributed by atoms with Crippen LogP contribution in [0.3, 0.4) is 0 Å². The molecule has 0 amide bonds. The van der Waals surface area contributed by atoms with Crippen LogP contribution < -0.4 is 10.6 Å². The molecule has 2 rings (SSSR count). The van der Waals surface area contributed by atoms with E-state index in [0.29, 0.717) is 5.54 Å². The number of hydrogen-bond donors (Lipinski definition) is 2. The highest BCUT2D eigenvalue weighted by atomic mass is 16.5. The van der Waals surface area contributed by atoms with Gasteiger partial charge in [0.2, 0.25) is 0 Å². The van der Waals surface area contributed by atoms with Crippen molar-refractivity contribution in [2.24, 2.45) is 0 Å². The standard InChI is InChI=1S/C15H30N2O/c1-14(7-6-12-18-14)13-17-11-10-15(16-2)8-4-3-5-9-15/h16-17H,3-13H2,1-2H3. The summed E-state index contributed by atoms with van der Waals surface area (Å²) in [6, 6.07) is 0. The van der Waals surface area contributed by atoms with Crippen LogP contribution in [-0.2, 0) is 4.74 Å². The first kappa shape index (κ1) is 14.3. The minimum Gasteiger partial charge on any atom is -0.374 e. The molecule has 2 aliphatic rings. The van der Waals surface area contributed by atoms with Crippen molar-refractivity contribution in [1.29, 1.82) is 0 Å². The summed E-state index contributed by atoms with van der Waals surface area (Å²) >= 11 is 0.